The van der Waals surface area contributed by atoms with Crippen molar-refractivity contribution >= 4 is 39.5 Å². The van der Waals surface area contributed by atoms with Crippen LogP contribution in [0.15, 0.2) is 72.8 Å². The third-order valence-corrected chi connectivity index (χ3v) is 5.89. The number of nitro benzene ring substituents is 1. The molecule has 0 aliphatic heterocycles. The van der Waals surface area contributed by atoms with Crippen molar-refractivity contribution in [2.45, 2.75) is 0 Å². The van der Waals surface area contributed by atoms with E-state index in [-0.39, 0.29) is 27.5 Å². The molecule has 0 aliphatic rings. The summed E-state index contributed by atoms with van der Waals surface area (Å²) in [5.41, 5.74) is 1.42. The van der Waals surface area contributed by atoms with Crippen molar-refractivity contribution in [1.82, 2.24) is 10.2 Å². The highest BCUT2D eigenvalue weighted by Gasteiger charge is 2.23. The smallest absolute Gasteiger partial charge is 0.293 e. The highest BCUT2D eigenvalue weighted by Crippen LogP contribution is 2.30. The number of hydrogen-bond acceptors (Lipinski definition) is 8. The lowest BCUT2D eigenvalue weighted by molar-refractivity contribution is -0.384. The van der Waals surface area contributed by atoms with E-state index in [1.165, 1.54) is 41.7 Å². The Labute approximate surface area is 198 Å². The Hall–Kier alpha value is -4.44. The van der Waals surface area contributed by atoms with Crippen LogP contribution in [0.2, 0.25) is 0 Å². The quantitative estimate of drug-likeness (QED) is 0.235. The Morgan fingerprint density at radius 3 is 2.29 bits per heavy atom. The number of nitrogens with one attached hydrogen (secondary N) is 1. The van der Waals surface area contributed by atoms with Crippen LogP contribution in [0.5, 0.6) is 0 Å². The normalized spacial score (nSPS) is 10.5. The summed E-state index contributed by atoms with van der Waals surface area (Å²) in [6, 6.07) is 20.0. The first kappa shape index (κ1) is 22.7. The largest absolute Gasteiger partial charge is 0.372 e. The molecule has 0 saturated heterocycles. The predicted octanol–water partition coefficient (Wildman–Crippen LogP) is 4.66. The lowest BCUT2D eigenvalue weighted by atomic mass is 9.97. The fourth-order valence-corrected chi connectivity index (χ4v) is 4.10. The van der Waals surface area contributed by atoms with Crippen LogP contribution < -0.4 is 10.2 Å². The zero-order valence-electron chi connectivity index (χ0n) is 18.3. The molecule has 0 fully saturated rings. The number of anilines is 2. The first-order chi connectivity index (χ1) is 16.3. The molecule has 0 spiro atoms. The van der Waals surface area contributed by atoms with E-state index in [1.807, 2.05) is 30.3 Å². The summed E-state index contributed by atoms with van der Waals surface area (Å²) in [6.45, 7) is 0. The summed E-state index contributed by atoms with van der Waals surface area (Å²) >= 11 is 1.21. The Morgan fingerprint density at radius 2 is 1.62 bits per heavy atom. The maximum atomic E-state index is 13.2. The fraction of sp³-hybridized carbons (Fsp3) is 0.0833. The summed E-state index contributed by atoms with van der Waals surface area (Å²) in [7, 11) is 3.36. The van der Waals surface area contributed by atoms with Gasteiger partial charge in [-0.2, -0.15) is 0 Å². The standard InChI is InChI=1S/C24H19N5O4S/c1-28(2)19-13-12-16(14-20(19)29(32)33)21(30)17-10-6-7-11-18(17)22(31)25-24-27-26-23(34-24)15-8-4-3-5-9-15/h3-14H,1-2H3,(H,25,27,31). The molecule has 0 bridgehead atoms. The van der Waals surface area contributed by atoms with Gasteiger partial charge in [0.1, 0.15) is 10.7 Å². The summed E-state index contributed by atoms with van der Waals surface area (Å²) < 4.78 is 0. The average molecular weight is 474 g/mol. The van der Waals surface area contributed by atoms with Gasteiger partial charge < -0.3 is 4.90 Å². The van der Waals surface area contributed by atoms with Gasteiger partial charge in [0.2, 0.25) is 5.13 Å². The first-order valence-corrected chi connectivity index (χ1v) is 11.0. The number of hydrogen-bond donors (Lipinski definition) is 1. The molecule has 4 aromatic rings. The summed E-state index contributed by atoms with van der Waals surface area (Å²) in [5, 5.41) is 23.3. The number of nitro groups is 1. The van der Waals surface area contributed by atoms with E-state index >= 15 is 0 Å². The van der Waals surface area contributed by atoms with Gasteiger partial charge in [0, 0.05) is 36.9 Å². The van der Waals surface area contributed by atoms with Crippen LogP contribution >= 0.6 is 11.3 Å². The third kappa shape index (κ3) is 4.66. The van der Waals surface area contributed by atoms with Crippen molar-refractivity contribution in [1.29, 1.82) is 0 Å². The van der Waals surface area contributed by atoms with Crippen LogP contribution in [0.1, 0.15) is 26.3 Å². The predicted molar refractivity (Wildman–Crippen MR) is 131 cm³/mol. The lowest BCUT2D eigenvalue weighted by Gasteiger charge is -2.13. The Balaban J connectivity index is 1.61. The minimum absolute atomic E-state index is 0.111. The van der Waals surface area contributed by atoms with Gasteiger partial charge in [-0.3, -0.25) is 25.0 Å². The Kier molecular flexibility index (Phi) is 6.42. The Bertz CT molecular complexity index is 1390. The number of benzene rings is 3. The van der Waals surface area contributed by atoms with Gasteiger partial charge >= 0.3 is 0 Å². The van der Waals surface area contributed by atoms with Crippen LogP contribution in [-0.4, -0.2) is 40.9 Å². The van der Waals surface area contributed by atoms with E-state index in [0.717, 1.165) is 5.56 Å². The molecule has 1 N–H and O–H groups in total. The maximum Gasteiger partial charge on any atom is 0.293 e. The lowest BCUT2D eigenvalue weighted by Crippen LogP contribution is -2.17. The molecule has 0 radical (unpaired) electrons. The second-order valence-electron chi connectivity index (χ2n) is 7.46. The van der Waals surface area contributed by atoms with Crippen molar-refractivity contribution < 1.29 is 14.5 Å². The SMILES string of the molecule is CN(C)c1ccc(C(=O)c2ccccc2C(=O)Nc2nnc(-c3ccccc3)s2)cc1[N+](=O)[O-]. The molecule has 1 aromatic heterocycles. The van der Waals surface area contributed by atoms with E-state index in [9.17, 15) is 19.7 Å². The van der Waals surface area contributed by atoms with Gasteiger partial charge in [0.15, 0.2) is 5.78 Å². The molecule has 0 atom stereocenters. The van der Waals surface area contributed by atoms with Crippen LogP contribution in [0.3, 0.4) is 0 Å². The van der Waals surface area contributed by atoms with E-state index in [0.29, 0.717) is 10.7 Å². The monoisotopic (exact) mass is 473 g/mol. The number of carbonyl (C=O) groups excluding carboxylic acids is 2. The number of amides is 1. The van der Waals surface area contributed by atoms with Crippen molar-refractivity contribution in [3.8, 4) is 10.6 Å². The van der Waals surface area contributed by atoms with Crippen LogP contribution in [-0.2, 0) is 0 Å². The van der Waals surface area contributed by atoms with Crippen molar-refractivity contribution in [3.05, 3.63) is 99.6 Å². The molecule has 0 aliphatic carbocycles. The van der Waals surface area contributed by atoms with E-state index < -0.39 is 16.6 Å². The summed E-state index contributed by atoms with van der Waals surface area (Å²) in [6.07, 6.45) is 0. The second-order valence-corrected chi connectivity index (χ2v) is 8.44. The van der Waals surface area contributed by atoms with E-state index in [4.69, 9.17) is 0 Å². The van der Waals surface area contributed by atoms with Crippen LogP contribution in [0.4, 0.5) is 16.5 Å². The molecule has 1 heterocycles. The highest BCUT2D eigenvalue weighted by molar-refractivity contribution is 7.18. The molecule has 170 valence electrons. The molecule has 0 saturated carbocycles. The third-order valence-electron chi connectivity index (χ3n) is 5.00. The number of rotatable bonds is 7. The van der Waals surface area contributed by atoms with Crippen LogP contribution in [0.25, 0.3) is 10.6 Å². The van der Waals surface area contributed by atoms with Crippen molar-refractivity contribution in [2.24, 2.45) is 0 Å². The second kappa shape index (κ2) is 9.59. The van der Waals surface area contributed by atoms with Gasteiger partial charge in [-0.1, -0.05) is 59.9 Å². The van der Waals surface area contributed by atoms with Gasteiger partial charge in [-0.15, -0.1) is 10.2 Å². The number of nitrogens with zero attached hydrogens (tertiary/aromatic N) is 4. The van der Waals surface area contributed by atoms with Gasteiger partial charge in [-0.25, -0.2) is 0 Å². The summed E-state index contributed by atoms with van der Waals surface area (Å²) in [4.78, 5) is 38.8. The Morgan fingerprint density at radius 1 is 0.941 bits per heavy atom. The van der Waals surface area contributed by atoms with Gasteiger partial charge in [-0.05, 0) is 18.2 Å². The molecule has 1 amide bonds. The fourth-order valence-electron chi connectivity index (χ4n) is 3.36. The van der Waals surface area contributed by atoms with Crippen LogP contribution in [0, 0.1) is 10.1 Å². The number of aromatic nitrogens is 2. The highest BCUT2D eigenvalue weighted by atomic mass is 32.1. The topological polar surface area (TPSA) is 118 Å². The average Bonchev–Trinajstić information content (AvgIpc) is 3.32. The molecule has 0 unspecified atom stereocenters. The van der Waals surface area contributed by atoms with E-state index in [2.05, 4.69) is 15.5 Å². The summed E-state index contributed by atoms with van der Waals surface area (Å²) in [5.74, 6) is -1.03. The minimum Gasteiger partial charge on any atom is -0.372 e. The number of ketones is 1. The van der Waals surface area contributed by atoms with E-state index in [1.54, 1.807) is 31.1 Å². The minimum atomic E-state index is -0.537. The first-order valence-electron chi connectivity index (χ1n) is 10.1. The van der Waals surface area contributed by atoms with Crippen molar-refractivity contribution in [2.75, 3.05) is 24.3 Å². The number of carbonyl (C=O) groups is 2. The van der Waals surface area contributed by atoms with Gasteiger partial charge in [0.05, 0.1) is 10.5 Å². The molecular formula is C24H19N5O4S. The van der Waals surface area contributed by atoms with Crippen molar-refractivity contribution in [3.63, 3.8) is 0 Å². The molecule has 9 nitrogen and oxygen atoms in total. The molecular weight excluding hydrogens is 454 g/mol. The zero-order chi connectivity index (χ0) is 24.2. The maximum absolute atomic E-state index is 13.2. The zero-order valence-corrected chi connectivity index (χ0v) is 19.1. The van der Waals surface area contributed by atoms with Gasteiger partial charge in [0.25, 0.3) is 11.6 Å². The molecule has 3 aromatic carbocycles. The molecule has 34 heavy (non-hydrogen) atoms. The molecule has 4 rings (SSSR count). The molecule has 10 heteroatoms.